The summed E-state index contributed by atoms with van der Waals surface area (Å²) in [6.45, 7) is 2.73. The quantitative estimate of drug-likeness (QED) is 0.783. The fraction of sp³-hybridized carbons (Fsp3) is 0.533. The molecule has 0 aliphatic carbocycles. The Morgan fingerprint density at radius 3 is 2.90 bits per heavy atom. The normalized spacial score (nSPS) is 10.8. The number of amides is 1. The Labute approximate surface area is 124 Å². The molecule has 6 heteroatoms. The first kappa shape index (κ1) is 15.3. The Hall–Kier alpha value is -2.11. The van der Waals surface area contributed by atoms with Crippen LogP contribution in [0, 0.1) is 0 Å². The number of imidazole rings is 1. The fourth-order valence-electron chi connectivity index (χ4n) is 2.19. The highest BCUT2D eigenvalue weighted by molar-refractivity contribution is 5.92. The van der Waals surface area contributed by atoms with Crippen molar-refractivity contribution < 1.29 is 9.32 Å². The third-order valence-corrected chi connectivity index (χ3v) is 3.44. The van der Waals surface area contributed by atoms with Crippen molar-refractivity contribution in [2.75, 3.05) is 13.6 Å². The predicted octanol–water partition coefficient (Wildman–Crippen LogP) is 2.07. The molecule has 0 aromatic carbocycles. The molecule has 2 aromatic rings. The zero-order valence-corrected chi connectivity index (χ0v) is 12.9. The van der Waals surface area contributed by atoms with E-state index in [1.165, 1.54) is 0 Å². The maximum Gasteiger partial charge on any atom is 0.275 e. The van der Waals surface area contributed by atoms with Gasteiger partial charge in [0, 0.05) is 51.9 Å². The molecule has 2 rings (SSSR count). The predicted molar refractivity (Wildman–Crippen MR) is 79.0 cm³/mol. The Morgan fingerprint density at radius 2 is 2.24 bits per heavy atom. The summed E-state index contributed by atoms with van der Waals surface area (Å²) in [5.74, 6) is 1.70. The van der Waals surface area contributed by atoms with E-state index in [1.54, 1.807) is 24.2 Å². The summed E-state index contributed by atoms with van der Waals surface area (Å²) in [6.07, 6.45) is 7.21. The second-order valence-electron chi connectivity index (χ2n) is 5.21. The van der Waals surface area contributed by atoms with Gasteiger partial charge in [0.15, 0.2) is 5.69 Å². The van der Waals surface area contributed by atoms with Crippen molar-refractivity contribution in [1.82, 2.24) is 19.6 Å². The molecule has 0 aliphatic heterocycles. The van der Waals surface area contributed by atoms with Crippen LogP contribution in [0.2, 0.25) is 0 Å². The first-order chi connectivity index (χ1) is 10.1. The molecule has 1 amide bonds. The van der Waals surface area contributed by atoms with Gasteiger partial charge in [-0.05, 0) is 12.8 Å². The van der Waals surface area contributed by atoms with Gasteiger partial charge in [0.2, 0.25) is 0 Å². The Morgan fingerprint density at radius 1 is 1.43 bits per heavy atom. The SMILES string of the molecule is CCCc1cc(C(=O)N(C)CCCc2nccn2C)no1. The minimum Gasteiger partial charge on any atom is -0.361 e. The van der Waals surface area contributed by atoms with E-state index in [2.05, 4.69) is 17.1 Å². The van der Waals surface area contributed by atoms with Gasteiger partial charge >= 0.3 is 0 Å². The number of carbonyl (C=O) groups excluding carboxylic acids is 1. The van der Waals surface area contributed by atoms with Crippen LogP contribution in [-0.4, -0.2) is 39.1 Å². The first-order valence-electron chi connectivity index (χ1n) is 7.29. The number of aromatic nitrogens is 3. The largest absolute Gasteiger partial charge is 0.361 e. The molecule has 2 heterocycles. The summed E-state index contributed by atoms with van der Waals surface area (Å²) in [7, 11) is 3.76. The molecule has 0 radical (unpaired) electrons. The van der Waals surface area contributed by atoms with Crippen LogP contribution in [0.1, 0.15) is 41.8 Å². The zero-order valence-electron chi connectivity index (χ0n) is 12.9. The topological polar surface area (TPSA) is 64.2 Å². The van der Waals surface area contributed by atoms with E-state index in [4.69, 9.17) is 4.52 Å². The molecular formula is C15H22N4O2. The fourth-order valence-corrected chi connectivity index (χ4v) is 2.19. The second-order valence-corrected chi connectivity index (χ2v) is 5.21. The lowest BCUT2D eigenvalue weighted by atomic mass is 10.2. The Bertz CT molecular complexity index is 588. The van der Waals surface area contributed by atoms with Gasteiger partial charge in [-0.3, -0.25) is 4.79 Å². The van der Waals surface area contributed by atoms with E-state index in [-0.39, 0.29) is 5.91 Å². The Balaban J connectivity index is 1.83. The lowest BCUT2D eigenvalue weighted by Crippen LogP contribution is -2.28. The monoisotopic (exact) mass is 290 g/mol. The van der Waals surface area contributed by atoms with Crippen molar-refractivity contribution >= 4 is 5.91 Å². The maximum atomic E-state index is 12.2. The molecule has 0 aliphatic rings. The molecule has 6 nitrogen and oxygen atoms in total. The highest BCUT2D eigenvalue weighted by atomic mass is 16.5. The van der Waals surface area contributed by atoms with Crippen molar-refractivity contribution in [3.8, 4) is 0 Å². The van der Waals surface area contributed by atoms with E-state index >= 15 is 0 Å². The molecule has 0 saturated carbocycles. The highest BCUT2D eigenvalue weighted by Gasteiger charge is 2.16. The van der Waals surface area contributed by atoms with Gasteiger partial charge in [-0.1, -0.05) is 12.1 Å². The minimum atomic E-state index is -0.0963. The van der Waals surface area contributed by atoms with Crippen molar-refractivity contribution in [1.29, 1.82) is 0 Å². The van der Waals surface area contributed by atoms with E-state index < -0.39 is 0 Å². The van der Waals surface area contributed by atoms with E-state index in [0.29, 0.717) is 12.2 Å². The van der Waals surface area contributed by atoms with Crippen LogP contribution >= 0.6 is 0 Å². The molecule has 2 aromatic heterocycles. The third-order valence-electron chi connectivity index (χ3n) is 3.44. The average Bonchev–Trinajstić information content (AvgIpc) is 3.08. The number of carbonyl (C=O) groups is 1. The van der Waals surface area contributed by atoms with Gasteiger partial charge in [0.1, 0.15) is 11.6 Å². The average molecular weight is 290 g/mol. The summed E-state index contributed by atoms with van der Waals surface area (Å²) in [5, 5.41) is 3.85. The maximum absolute atomic E-state index is 12.2. The lowest BCUT2D eigenvalue weighted by Gasteiger charge is -2.15. The van der Waals surface area contributed by atoms with Crippen molar-refractivity contribution in [2.45, 2.75) is 32.6 Å². The molecule has 114 valence electrons. The molecule has 0 N–H and O–H groups in total. The van der Waals surface area contributed by atoms with Gasteiger partial charge in [0.25, 0.3) is 5.91 Å². The van der Waals surface area contributed by atoms with Gasteiger partial charge in [-0.2, -0.15) is 0 Å². The lowest BCUT2D eigenvalue weighted by molar-refractivity contribution is 0.0783. The van der Waals surface area contributed by atoms with Gasteiger partial charge in [0.05, 0.1) is 0 Å². The van der Waals surface area contributed by atoms with Gasteiger partial charge in [-0.25, -0.2) is 4.98 Å². The van der Waals surface area contributed by atoms with E-state index in [9.17, 15) is 4.79 Å². The second kappa shape index (κ2) is 7.06. The van der Waals surface area contributed by atoms with Crippen LogP contribution in [0.15, 0.2) is 23.0 Å². The molecule has 0 fully saturated rings. The number of rotatable bonds is 7. The van der Waals surface area contributed by atoms with Crippen LogP contribution in [-0.2, 0) is 19.9 Å². The number of aryl methyl sites for hydroxylation is 3. The van der Waals surface area contributed by atoms with Gasteiger partial charge in [-0.15, -0.1) is 0 Å². The van der Waals surface area contributed by atoms with Crippen molar-refractivity contribution in [3.63, 3.8) is 0 Å². The Kier molecular flexibility index (Phi) is 5.14. The summed E-state index contributed by atoms with van der Waals surface area (Å²) in [6, 6.07) is 1.74. The van der Waals surface area contributed by atoms with Crippen LogP contribution in [0.3, 0.4) is 0 Å². The number of hydrogen-bond acceptors (Lipinski definition) is 4. The minimum absolute atomic E-state index is 0.0963. The van der Waals surface area contributed by atoms with Crippen LogP contribution in [0.5, 0.6) is 0 Å². The molecular weight excluding hydrogens is 268 g/mol. The summed E-state index contributed by atoms with van der Waals surface area (Å²) in [5.41, 5.74) is 0.387. The summed E-state index contributed by atoms with van der Waals surface area (Å²) in [4.78, 5) is 18.2. The molecule has 0 unspecified atom stereocenters. The molecule has 0 saturated heterocycles. The molecule has 0 atom stereocenters. The van der Waals surface area contributed by atoms with Crippen LogP contribution in [0.4, 0.5) is 0 Å². The smallest absolute Gasteiger partial charge is 0.275 e. The molecule has 21 heavy (non-hydrogen) atoms. The number of nitrogens with zero attached hydrogens (tertiary/aromatic N) is 4. The first-order valence-corrected chi connectivity index (χ1v) is 7.29. The zero-order chi connectivity index (χ0) is 15.2. The highest BCUT2D eigenvalue weighted by Crippen LogP contribution is 2.09. The standard InChI is InChI=1S/C15H22N4O2/c1-4-6-12-11-13(17-21-12)15(20)19(3)9-5-7-14-16-8-10-18(14)2/h8,10-11H,4-7,9H2,1-3H3. The van der Waals surface area contributed by atoms with E-state index in [1.807, 2.05) is 17.8 Å². The summed E-state index contributed by atoms with van der Waals surface area (Å²) >= 11 is 0. The molecule has 0 spiro atoms. The van der Waals surface area contributed by atoms with Crippen LogP contribution < -0.4 is 0 Å². The molecule has 0 bridgehead atoms. The van der Waals surface area contributed by atoms with E-state index in [0.717, 1.165) is 37.3 Å². The van der Waals surface area contributed by atoms with Crippen LogP contribution in [0.25, 0.3) is 0 Å². The van der Waals surface area contributed by atoms with Gasteiger partial charge < -0.3 is 14.0 Å². The van der Waals surface area contributed by atoms with Crippen molar-refractivity contribution in [3.05, 3.63) is 35.7 Å². The summed E-state index contributed by atoms with van der Waals surface area (Å²) < 4.78 is 7.14. The third kappa shape index (κ3) is 3.93. The number of hydrogen-bond donors (Lipinski definition) is 0. The van der Waals surface area contributed by atoms with Crippen molar-refractivity contribution in [2.24, 2.45) is 7.05 Å².